The van der Waals surface area contributed by atoms with Gasteiger partial charge in [-0.2, -0.15) is 0 Å². The number of carboxylic acid groups (broad SMARTS) is 1. The fourth-order valence-electron chi connectivity index (χ4n) is 4.40. The zero-order valence-corrected chi connectivity index (χ0v) is 23.0. The fraction of sp³-hybridized carbons (Fsp3) is 0.242. The highest BCUT2D eigenvalue weighted by Gasteiger charge is 2.18. The molecule has 3 N–H and O–H groups in total. The van der Waals surface area contributed by atoms with Crippen molar-refractivity contribution in [3.05, 3.63) is 119 Å². The molecule has 4 rings (SSSR count). The van der Waals surface area contributed by atoms with Crippen molar-refractivity contribution in [2.24, 2.45) is 5.73 Å². The summed E-state index contributed by atoms with van der Waals surface area (Å²) in [5.74, 6) is 1.87. The highest BCUT2D eigenvalue weighted by molar-refractivity contribution is 5.73. The van der Waals surface area contributed by atoms with Gasteiger partial charge in [-0.3, -0.25) is 9.69 Å². The molecule has 0 saturated carbocycles. The number of benzene rings is 4. The van der Waals surface area contributed by atoms with E-state index < -0.39 is 12.0 Å². The van der Waals surface area contributed by atoms with Crippen LogP contribution in [0.15, 0.2) is 97.1 Å². The number of rotatable bonds is 14. The van der Waals surface area contributed by atoms with E-state index in [9.17, 15) is 9.90 Å². The van der Waals surface area contributed by atoms with Crippen molar-refractivity contribution in [3.8, 4) is 23.0 Å². The van der Waals surface area contributed by atoms with Gasteiger partial charge in [0.1, 0.15) is 35.6 Å². The molecule has 0 radical (unpaired) electrons. The number of ether oxygens (including phenoxy) is 3. The maximum atomic E-state index is 11.4. The Morgan fingerprint density at radius 3 is 2.20 bits per heavy atom. The largest absolute Gasteiger partial charge is 0.497 e. The average Bonchev–Trinajstić information content (AvgIpc) is 2.96. The Labute approximate surface area is 235 Å². The van der Waals surface area contributed by atoms with Gasteiger partial charge in [-0.25, -0.2) is 0 Å². The monoisotopic (exact) mass is 540 g/mol. The molecular formula is C33H36N2O5. The maximum Gasteiger partial charge on any atom is 0.320 e. The van der Waals surface area contributed by atoms with Crippen molar-refractivity contribution in [2.45, 2.75) is 39.1 Å². The van der Waals surface area contributed by atoms with Crippen LogP contribution in [0.3, 0.4) is 0 Å². The molecule has 0 spiro atoms. The van der Waals surface area contributed by atoms with E-state index in [-0.39, 0.29) is 0 Å². The highest BCUT2D eigenvalue weighted by atomic mass is 16.5. The molecule has 0 aliphatic carbocycles. The van der Waals surface area contributed by atoms with E-state index in [0.717, 1.165) is 22.4 Å². The Balaban J connectivity index is 1.54. The van der Waals surface area contributed by atoms with Gasteiger partial charge in [0.15, 0.2) is 0 Å². The lowest BCUT2D eigenvalue weighted by Crippen LogP contribution is -2.35. The summed E-state index contributed by atoms with van der Waals surface area (Å²) in [6.07, 6.45) is 0.306. The van der Waals surface area contributed by atoms with Crippen molar-refractivity contribution in [3.63, 3.8) is 0 Å². The molecule has 4 aromatic carbocycles. The van der Waals surface area contributed by atoms with Gasteiger partial charge in [0.05, 0.1) is 7.11 Å². The second-order valence-electron chi connectivity index (χ2n) is 9.72. The standard InChI is InChI=1S/C33H36N2O5/c1-24-9-7-10-25(19-24)23-39-31-15-5-3-11-26(31)21-35(18-17-30(34)33(36)37)22-27-12-4-6-16-32(27)40-29-14-8-13-28(20-29)38-2/h3-16,19-20,30H,17-18,21-23,34H2,1-2H3,(H,36,37). The molecule has 0 aliphatic rings. The number of aryl methyl sites for hydroxylation is 1. The van der Waals surface area contributed by atoms with Crippen molar-refractivity contribution in [1.82, 2.24) is 4.90 Å². The van der Waals surface area contributed by atoms with Gasteiger partial charge < -0.3 is 25.1 Å². The number of aliphatic carboxylic acids is 1. The van der Waals surface area contributed by atoms with Crippen LogP contribution in [0, 0.1) is 6.92 Å². The minimum Gasteiger partial charge on any atom is -0.497 e. The molecule has 0 amide bonds. The number of para-hydroxylation sites is 2. The summed E-state index contributed by atoms with van der Waals surface area (Å²) in [6.45, 7) is 4.07. The van der Waals surface area contributed by atoms with Gasteiger partial charge in [-0.1, -0.05) is 72.3 Å². The molecule has 4 aromatic rings. The number of methoxy groups -OCH3 is 1. The summed E-state index contributed by atoms with van der Waals surface area (Å²) >= 11 is 0. The van der Waals surface area contributed by atoms with Gasteiger partial charge in [0.25, 0.3) is 0 Å². The Morgan fingerprint density at radius 1 is 0.850 bits per heavy atom. The molecule has 0 bridgehead atoms. The van der Waals surface area contributed by atoms with E-state index in [1.807, 2.05) is 78.9 Å². The van der Waals surface area contributed by atoms with Crippen molar-refractivity contribution in [2.75, 3.05) is 13.7 Å². The van der Waals surface area contributed by atoms with Crippen LogP contribution in [0.25, 0.3) is 0 Å². The smallest absolute Gasteiger partial charge is 0.320 e. The molecule has 0 heterocycles. The van der Waals surface area contributed by atoms with Crippen LogP contribution in [-0.2, 0) is 24.5 Å². The van der Waals surface area contributed by atoms with Crippen LogP contribution >= 0.6 is 0 Å². The SMILES string of the molecule is COc1cccc(Oc2ccccc2CN(CCC(N)C(=O)O)Cc2ccccc2OCc2cccc(C)c2)c1. The van der Waals surface area contributed by atoms with E-state index in [1.54, 1.807) is 7.11 Å². The molecule has 7 nitrogen and oxygen atoms in total. The molecule has 1 unspecified atom stereocenters. The molecular weight excluding hydrogens is 504 g/mol. The topological polar surface area (TPSA) is 94.2 Å². The molecule has 1 atom stereocenters. The predicted octanol–water partition coefficient (Wildman–Crippen LogP) is 6.18. The van der Waals surface area contributed by atoms with E-state index in [0.29, 0.717) is 49.9 Å². The molecule has 0 aliphatic heterocycles. The Kier molecular flexibility index (Phi) is 10.2. The second-order valence-corrected chi connectivity index (χ2v) is 9.72. The lowest BCUT2D eigenvalue weighted by atomic mass is 10.1. The number of hydrogen-bond acceptors (Lipinski definition) is 6. The number of nitrogens with zero attached hydrogens (tertiary/aromatic N) is 1. The molecule has 208 valence electrons. The van der Waals surface area contributed by atoms with Crippen LogP contribution in [0.2, 0.25) is 0 Å². The third-order valence-corrected chi connectivity index (χ3v) is 6.55. The minimum absolute atomic E-state index is 0.306. The summed E-state index contributed by atoms with van der Waals surface area (Å²) in [5, 5.41) is 9.37. The zero-order chi connectivity index (χ0) is 28.3. The van der Waals surface area contributed by atoms with Gasteiger partial charge in [-0.15, -0.1) is 0 Å². The first-order valence-electron chi connectivity index (χ1n) is 13.3. The second kappa shape index (κ2) is 14.2. The number of carbonyl (C=O) groups is 1. The van der Waals surface area contributed by atoms with E-state index in [4.69, 9.17) is 19.9 Å². The Hall–Kier alpha value is -4.33. The molecule has 0 saturated heterocycles. The normalized spacial score (nSPS) is 11.7. The van der Waals surface area contributed by atoms with Crippen LogP contribution in [0.1, 0.15) is 28.7 Å². The predicted molar refractivity (Wildman–Crippen MR) is 156 cm³/mol. The summed E-state index contributed by atoms with van der Waals surface area (Å²) in [5.41, 5.74) is 10.1. The van der Waals surface area contributed by atoms with Gasteiger partial charge in [-0.05, 0) is 43.2 Å². The summed E-state index contributed by atoms with van der Waals surface area (Å²) in [7, 11) is 1.62. The van der Waals surface area contributed by atoms with Crippen molar-refractivity contribution < 1.29 is 24.1 Å². The first-order chi connectivity index (χ1) is 19.4. The number of nitrogens with two attached hydrogens (primary N) is 1. The molecule has 0 fully saturated rings. The van der Waals surface area contributed by atoms with Gasteiger partial charge in [0, 0.05) is 36.8 Å². The first kappa shape index (κ1) is 28.7. The van der Waals surface area contributed by atoms with E-state index in [2.05, 4.69) is 30.0 Å². The van der Waals surface area contributed by atoms with Crippen LogP contribution in [0.5, 0.6) is 23.0 Å². The Morgan fingerprint density at radius 2 is 1.50 bits per heavy atom. The van der Waals surface area contributed by atoms with Gasteiger partial charge >= 0.3 is 5.97 Å². The van der Waals surface area contributed by atoms with E-state index in [1.165, 1.54) is 5.56 Å². The lowest BCUT2D eigenvalue weighted by Gasteiger charge is -2.25. The minimum atomic E-state index is -1.01. The first-order valence-corrected chi connectivity index (χ1v) is 13.3. The highest BCUT2D eigenvalue weighted by Crippen LogP contribution is 2.30. The molecule has 40 heavy (non-hydrogen) atoms. The van der Waals surface area contributed by atoms with Gasteiger partial charge in [0.2, 0.25) is 0 Å². The summed E-state index contributed by atoms with van der Waals surface area (Å²) < 4.78 is 17.8. The average molecular weight is 541 g/mol. The van der Waals surface area contributed by atoms with Crippen molar-refractivity contribution >= 4 is 5.97 Å². The quantitative estimate of drug-likeness (QED) is 0.197. The lowest BCUT2D eigenvalue weighted by molar-refractivity contribution is -0.138. The third kappa shape index (κ3) is 8.33. The van der Waals surface area contributed by atoms with Crippen molar-refractivity contribution in [1.29, 1.82) is 0 Å². The van der Waals surface area contributed by atoms with Crippen LogP contribution in [-0.4, -0.2) is 35.7 Å². The number of hydrogen-bond donors (Lipinski definition) is 2. The van der Waals surface area contributed by atoms with Crippen LogP contribution in [0.4, 0.5) is 0 Å². The van der Waals surface area contributed by atoms with Crippen LogP contribution < -0.4 is 19.9 Å². The summed E-state index contributed by atoms with van der Waals surface area (Å²) in [6, 6.07) is 30.5. The fourth-order valence-corrected chi connectivity index (χ4v) is 4.40. The number of carboxylic acids is 1. The molecule has 0 aromatic heterocycles. The van der Waals surface area contributed by atoms with E-state index >= 15 is 0 Å². The Bertz CT molecular complexity index is 1410. The maximum absolute atomic E-state index is 11.4. The summed E-state index contributed by atoms with van der Waals surface area (Å²) in [4.78, 5) is 13.6. The third-order valence-electron chi connectivity index (χ3n) is 6.55. The zero-order valence-electron chi connectivity index (χ0n) is 23.0. The molecule has 7 heteroatoms.